The minimum absolute atomic E-state index is 0.228. The lowest BCUT2D eigenvalue weighted by Gasteiger charge is -2.29. The van der Waals surface area contributed by atoms with E-state index in [1.54, 1.807) is 26.8 Å². The summed E-state index contributed by atoms with van der Waals surface area (Å²) in [7, 11) is 0. The standard InChI is InChI=1S/C16H22O4/c1-5-16(14(17)19-6-2,15(18)20-7-3)13-11-9-8-10-12(13)4/h8-11H,5-7H2,1-4H3. The van der Waals surface area contributed by atoms with Gasteiger partial charge in [-0.15, -0.1) is 0 Å². The fraction of sp³-hybridized carbons (Fsp3) is 0.500. The van der Waals surface area contributed by atoms with Gasteiger partial charge in [0.2, 0.25) is 0 Å². The molecule has 0 heterocycles. The minimum atomic E-state index is -1.38. The highest BCUT2D eigenvalue weighted by molar-refractivity contribution is 6.06. The predicted molar refractivity (Wildman–Crippen MR) is 76.4 cm³/mol. The number of ether oxygens (including phenoxy) is 2. The Labute approximate surface area is 120 Å². The summed E-state index contributed by atoms with van der Waals surface area (Å²) in [6, 6.07) is 7.34. The van der Waals surface area contributed by atoms with Crippen LogP contribution in [0.3, 0.4) is 0 Å². The van der Waals surface area contributed by atoms with Crippen molar-refractivity contribution in [3.8, 4) is 0 Å². The Morgan fingerprint density at radius 2 is 1.50 bits per heavy atom. The summed E-state index contributed by atoms with van der Waals surface area (Å²) in [6.07, 6.45) is 0.301. The molecule has 4 nitrogen and oxygen atoms in total. The lowest BCUT2D eigenvalue weighted by Crippen LogP contribution is -2.46. The minimum Gasteiger partial charge on any atom is -0.465 e. The molecule has 0 spiro atoms. The normalized spacial score (nSPS) is 11.0. The van der Waals surface area contributed by atoms with E-state index in [4.69, 9.17) is 9.47 Å². The molecule has 0 N–H and O–H groups in total. The lowest BCUT2D eigenvalue weighted by atomic mass is 9.76. The van der Waals surface area contributed by atoms with Crippen molar-refractivity contribution in [1.29, 1.82) is 0 Å². The molecule has 0 atom stereocenters. The first-order chi connectivity index (χ1) is 9.54. The molecular formula is C16H22O4. The van der Waals surface area contributed by atoms with Crippen LogP contribution in [-0.4, -0.2) is 25.2 Å². The van der Waals surface area contributed by atoms with Gasteiger partial charge in [0.1, 0.15) is 0 Å². The number of carbonyl (C=O) groups excluding carboxylic acids is 2. The van der Waals surface area contributed by atoms with Gasteiger partial charge in [-0.1, -0.05) is 31.2 Å². The highest BCUT2D eigenvalue weighted by atomic mass is 16.6. The SMILES string of the molecule is CCOC(=O)C(CC)(C(=O)OCC)c1ccccc1C. The maximum absolute atomic E-state index is 12.4. The topological polar surface area (TPSA) is 52.6 Å². The average molecular weight is 278 g/mol. The maximum atomic E-state index is 12.4. The van der Waals surface area contributed by atoms with Crippen LogP contribution in [0, 0.1) is 6.92 Å². The van der Waals surface area contributed by atoms with Crippen molar-refractivity contribution < 1.29 is 19.1 Å². The van der Waals surface area contributed by atoms with Crippen LogP contribution < -0.4 is 0 Å². The lowest BCUT2D eigenvalue weighted by molar-refractivity contribution is -0.165. The molecule has 1 aromatic rings. The Hall–Kier alpha value is -1.84. The molecule has 0 aromatic heterocycles. The average Bonchev–Trinajstić information content (AvgIpc) is 2.43. The molecule has 0 aliphatic heterocycles. The quantitative estimate of drug-likeness (QED) is 0.593. The molecule has 0 radical (unpaired) electrons. The van der Waals surface area contributed by atoms with Crippen molar-refractivity contribution in [2.75, 3.05) is 13.2 Å². The molecule has 1 rings (SSSR count). The van der Waals surface area contributed by atoms with E-state index in [1.165, 1.54) is 0 Å². The Morgan fingerprint density at radius 3 is 1.90 bits per heavy atom. The Bertz CT molecular complexity index is 461. The first kappa shape index (κ1) is 16.2. The second kappa shape index (κ2) is 7.08. The highest BCUT2D eigenvalue weighted by Crippen LogP contribution is 2.33. The van der Waals surface area contributed by atoms with E-state index in [0.717, 1.165) is 5.56 Å². The maximum Gasteiger partial charge on any atom is 0.328 e. The molecule has 1 aromatic carbocycles. The third-order valence-corrected chi connectivity index (χ3v) is 3.38. The summed E-state index contributed by atoms with van der Waals surface area (Å²) >= 11 is 0. The smallest absolute Gasteiger partial charge is 0.328 e. The summed E-state index contributed by atoms with van der Waals surface area (Å²) in [5, 5.41) is 0. The summed E-state index contributed by atoms with van der Waals surface area (Å²) < 4.78 is 10.3. The van der Waals surface area contributed by atoms with Crippen molar-refractivity contribution in [1.82, 2.24) is 0 Å². The van der Waals surface area contributed by atoms with E-state index < -0.39 is 17.4 Å². The molecule has 0 amide bonds. The molecule has 0 unspecified atom stereocenters. The van der Waals surface area contributed by atoms with Crippen LogP contribution in [0.25, 0.3) is 0 Å². The first-order valence-electron chi connectivity index (χ1n) is 6.95. The van der Waals surface area contributed by atoms with Gasteiger partial charge in [-0.25, -0.2) is 0 Å². The highest BCUT2D eigenvalue weighted by Gasteiger charge is 2.49. The van der Waals surface area contributed by atoms with Gasteiger partial charge >= 0.3 is 11.9 Å². The van der Waals surface area contributed by atoms with Crippen LogP contribution in [-0.2, 0) is 24.5 Å². The molecule has 4 heteroatoms. The Morgan fingerprint density at radius 1 is 1.00 bits per heavy atom. The monoisotopic (exact) mass is 278 g/mol. The zero-order chi connectivity index (χ0) is 15.2. The van der Waals surface area contributed by atoms with Crippen molar-refractivity contribution in [2.45, 2.75) is 39.5 Å². The van der Waals surface area contributed by atoms with E-state index in [-0.39, 0.29) is 13.2 Å². The first-order valence-corrected chi connectivity index (χ1v) is 6.95. The van der Waals surface area contributed by atoms with Gasteiger partial charge in [0, 0.05) is 0 Å². The number of aryl methyl sites for hydroxylation is 1. The molecular weight excluding hydrogens is 256 g/mol. The number of esters is 2. The van der Waals surface area contributed by atoms with E-state index >= 15 is 0 Å². The second-order valence-corrected chi connectivity index (χ2v) is 4.51. The number of hydrogen-bond donors (Lipinski definition) is 0. The molecule has 0 aliphatic carbocycles. The van der Waals surface area contributed by atoms with Gasteiger partial charge < -0.3 is 9.47 Å². The second-order valence-electron chi connectivity index (χ2n) is 4.51. The molecule has 0 aliphatic rings. The molecule has 0 saturated carbocycles. The van der Waals surface area contributed by atoms with E-state index in [9.17, 15) is 9.59 Å². The van der Waals surface area contributed by atoms with Gasteiger partial charge in [-0.05, 0) is 38.3 Å². The number of benzene rings is 1. The molecule has 110 valence electrons. The third kappa shape index (κ3) is 2.84. The third-order valence-electron chi connectivity index (χ3n) is 3.38. The van der Waals surface area contributed by atoms with Gasteiger partial charge in [-0.2, -0.15) is 0 Å². The van der Waals surface area contributed by atoms with Crippen molar-refractivity contribution in [3.05, 3.63) is 35.4 Å². The van der Waals surface area contributed by atoms with E-state index in [2.05, 4.69) is 0 Å². The van der Waals surface area contributed by atoms with Gasteiger partial charge in [-0.3, -0.25) is 9.59 Å². The fourth-order valence-electron chi connectivity index (χ4n) is 2.34. The van der Waals surface area contributed by atoms with Crippen LogP contribution in [0.2, 0.25) is 0 Å². The summed E-state index contributed by atoms with van der Waals surface area (Å²) in [6.45, 7) is 7.57. The van der Waals surface area contributed by atoms with Crippen molar-refractivity contribution in [2.24, 2.45) is 0 Å². The van der Waals surface area contributed by atoms with E-state index in [0.29, 0.717) is 12.0 Å². The Kier molecular flexibility index (Phi) is 5.74. The Balaban J connectivity index is 3.42. The summed E-state index contributed by atoms with van der Waals surface area (Å²) in [4.78, 5) is 24.9. The van der Waals surface area contributed by atoms with Gasteiger partial charge in [0.15, 0.2) is 5.41 Å². The van der Waals surface area contributed by atoms with Crippen LogP contribution in [0.1, 0.15) is 38.3 Å². The molecule has 0 fully saturated rings. The van der Waals surface area contributed by atoms with Gasteiger partial charge in [0.05, 0.1) is 13.2 Å². The van der Waals surface area contributed by atoms with Crippen molar-refractivity contribution in [3.63, 3.8) is 0 Å². The number of rotatable bonds is 6. The zero-order valence-corrected chi connectivity index (χ0v) is 12.6. The molecule has 20 heavy (non-hydrogen) atoms. The van der Waals surface area contributed by atoms with E-state index in [1.807, 2.05) is 25.1 Å². The molecule has 0 saturated heterocycles. The van der Waals surface area contributed by atoms with Crippen molar-refractivity contribution >= 4 is 11.9 Å². The number of hydrogen-bond acceptors (Lipinski definition) is 4. The zero-order valence-electron chi connectivity index (χ0n) is 12.6. The van der Waals surface area contributed by atoms with Crippen LogP contribution in [0.15, 0.2) is 24.3 Å². The van der Waals surface area contributed by atoms with Crippen LogP contribution >= 0.6 is 0 Å². The summed E-state index contributed by atoms with van der Waals surface area (Å²) in [5.74, 6) is -1.09. The van der Waals surface area contributed by atoms with Gasteiger partial charge in [0.25, 0.3) is 0 Å². The number of carbonyl (C=O) groups is 2. The predicted octanol–water partition coefficient (Wildman–Crippen LogP) is 2.77. The fourth-order valence-corrected chi connectivity index (χ4v) is 2.34. The van der Waals surface area contributed by atoms with Crippen LogP contribution in [0.5, 0.6) is 0 Å². The summed E-state index contributed by atoms with van der Waals surface area (Å²) in [5.41, 5.74) is 0.145. The molecule has 0 bridgehead atoms. The van der Waals surface area contributed by atoms with Crippen LogP contribution in [0.4, 0.5) is 0 Å². The largest absolute Gasteiger partial charge is 0.465 e.